The lowest BCUT2D eigenvalue weighted by molar-refractivity contribution is 0.0667. The largest absolute Gasteiger partial charge is 0.491 e. The zero-order valence-corrected chi connectivity index (χ0v) is 18.1. The number of aromatic nitrogens is 2. The number of aliphatic hydroxyl groups excluding tert-OH is 1. The SMILES string of the molecule is CCN(Cc1nc2ccccc2c(=O)[nH]1)C[C@H](O)COc1ccc(-c2ccccc2)cc1. The Balaban J connectivity index is 1.32. The summed E-state index contributed by atoms with van der Waals surface area (Å²) in [6.07, 6.45) is -0.670. The number of rotatable bonds is 9. The third-order valence-electron chi connectivity index (χ3n) is 5.36. The Hall–Kier alpha value is -3.48. The van der Waals surface area contributed by atoms with Gasteiger partial charge in [0.25, 0.3) is 5.56 Å². The molecule has 0 aliphatic rings. The summed E-state index contributed by atoms with van der Waals surface area (Å²) in [5.41, 5.74) is 2.79. The van der Waals surface area contributed by atoms with Crippen molar-refractivity contribution in [1.29, 1.82) is 0 Å². The molecule has 0 unspecified atom stereocenters. The second-order valence-corrected chi connectivity index (χ2v) is 7.71. The summed E-state index contributed by atoms with van der Waals surface area (Å²) in [5, 5.41) is 11.1. The number of para-hydroxylation sites is 1. The minimum absolute atomic E-state index is 0.149. The number of hydrogen-bond acceptors (Lipinski definition) is 5. The second-order valence-electron chi connectivity index (χ2n) is 7.71. The van der Waals surface area contributed by atoms with Crippen LogP contribution in [-0.4, -0.2) is 45.8 Å². The van der Waals surface area contributed by atoms with E-state index in [1.165, 1.54) is 0 Å². The van der Waals surface area contributed by atoms with Crippen LogP contribution in [0.4, 0.5) is 0 Å². The van der Waals surface area contributed by atoms with E-state index in [1.54, 1.807) is 6.07 Å². The Labute approximate surface area is 187 Å². The number of likely N-dealkylation sites (N-methyl/N-ethyl adjacent to an activating group) is 1. The molecule has 0 saturated heterocycles. The molecule has 3 aromatic carbocycles. The van der Waals surface area contributed by atoms with Gasteiger partial charge in [0.05, 0.1) is 17.4 Å². The zero-order valence-electron chi connectivity index (χ0n) is 18.1. The van der Waals surface area contributed by atoms with Gasteiger partial charge >= 0.3 is 0 Å². The molecule has 0 saturated carbocycles. The predicted octanol–water partition coefficient (Wildman–Crippen LogP) is 3.85. The summed E-state index contributed by atoms with van der Waals surface area (Å²) < 4.78 is 5.78. The number of fused-ring (bicyclic) bond motifs is 1. The first-order chi connectivity index (χ1) is 15.6. The van der Waals surface area contributed by atoms with Crippen LogP contribution in [0.2, 0.25) is 0 Å². The van der Waals surface area contributed by atoms with Gasteiger partial charge in [-0.25, -0.2) is 4.98 Å². The summed E-state index contributed by atoms with van der Waals surface area (Å²) in [6, 6.07) is 25.3. The molecule has 32 heavy (non-hydrogen) atoms. The first-order valence-electron chi connectivity index (χ1n) is 10.8. The molecule has 6 nitrogen and oxygen atoms in total. The van der Waals surface area contributed by atoms with Crippen LogP contribution in [-0.2, 0) is 6.54 Å². The molecule has 4 rings (SSSR count). The molecule has 0 fully saturated rings. The molecule has 0 aliphatic carbocycles. The number of ether oxygens (including phenoxy) is 1. The number of nitrogens with one attached hydrogen (secondary N) is 1. The lowest BCUT2D eigenvalue weighted by Crippen LogP contribution is -2.36. The van der Waals surface area contributed by atoms with Crippen LogP contribution < -0.4 is 10.3 Å². The minimum atomic E-state index is -0.670. The molecule has 2 N–H and O–H groups in total. The van der Waals surface area contributed by atoms with Gasteiger partial charge in [-0.15, -0.1) is 0 Å². The Morgan fingerprint density at radius 2 is 1.66 bits per heavy atom. The second kappa shape index (κ2) is 10.2. The van der Waals surface area contributed by atoms with Gasteiger partial charge < -0.3 is 14.8 Å². The van der Waals surface area contributed by atoms with Gasteiger partial charge in [-0.2, -0.15) is 0 Å². The molecule has 0 radical (unpaired) electrons. The van der Waals surface area contributed by atoms with E-state index in [2.05, 4.69) is 22.1 Å². The molecule has 6 heteroatoms. The number of hydrogen-bond donors (Lipinski definition) is 2. The van der Waals surface area contributed by atoms with Gasteiger partial charge in [-0.1, -0.05) is 61.5 Å². The number of aliphatic hydroxyl groups is 1. The van der Waals surface area contributed by atoms with Crippen molar-refractivity contribution in [2.24, 2.45) is 0 Å². The average Bonchev–Trinajstić information content (AvgIpc) is 2.83. The highest BCUT2D eigenvalue weighted by Gasteiger charge is 2.14. The van der Waals surface area contributed by atoms with E-state index in [0.29, 0.717) is 42.1 Å². The van der Waals surface area contributed by atoms with Crippen molar-refractivity contribution in [2.45, 2.75) is 19.6 Å². The predicted molar refractivity (Wildman–Crippen MR) is 127 cm³/mol. The molecule has 4 aromatic rings. The van der Waals surface area contributed by atoms with Crippen LogP contribution >= 0.6 is 0 Å². The highest BCUT2D eigenvalue weighted by molar-refractivity contribution is 5.77. The van der Waals surface area contributed by atoms with Crippen LogP contribution in [0.3, 0.4) is 0 Å². The first kappa shape index (κ1) is 21.7. The van der Waals surface area contributed by atoms with Crippen LogP contribution in [0.15, 0.2) is 83.7 Å². The topological polar surface area (TPSA) is 78.5 Å². The lowest BCUT2D eigenvalue weighted by atomic mass is 10.1. The molecule has 0 aliphatic heterocycles. The Morgan fingerprint density at radius 1 is 0.969 bits per heavy atom. The van der Waals surface area contributed by atoms with Crippen molar-refractivity contribution in [3.8, 4) is 16.9 Å². The van der Waals surface area contributed by atoms with Crippen LogP contribution in [0.1, 0.15) is 12.7 Å². The maximum absolute atomic E-state index is 12.3. The maximum atomic E-state index is 12.3. The molecule has 0 bridgehead atoms. The van der Waals surface area contributed by atoms with Gasteiger partial charge in [0.1, 0.15) is 24.3 Å². The fourth-order valence-corrected chi connectivity index (χ4v) is 3.64. The van der Waals surface area contributed by atoms with Gasteiger partial charge in [0.15, 0.2) is 0 Å². The van der Waals surface area contributed by atoms with Crippen molar-refractivity contribution in [2.75, 3.05) is 19.7 Å². The van der Waals surface area contributed by atoms with Gasteiger partial charge in [0, 0.05) is 6.54 Å². The van der Waals surface area contributed by atoms with Crippen molar-refractivity contribution in [1.82, 2.24) is 14.9 Å². The van der Waals surface area contributed by atoms with Crippen molar-refractivity contribution >= 4 is 10.9 Å². The van der Waals surface area contributed by atoms with Crippen LogP contribution in [0, 0.1) is 0 Å². The van der Waals surface area contributed by atoms with Crippen molar-refractivity contribution in [3.63, 3.8) is 0 Å². The summed E-state index contributed by atoms with van der Waals surface area (Å²) in [7, 11) is 0. The van der Waals surface area contributed by atoms with E-state index in [0.717, 1.165) is 11.1 Å². The molecule has 1 aromatic heterocycles. The summed E-state index contributed by atoms with van der Waals surface area (Å²) >= 11 is 0. The molecule has 1 heterocycles. The number of nitrogens with zero attached hydrogens (tertiary/aromatic N) is 2. The molecule has 1 atom stereocenters. The number of benzene rings is 3. The zero-order chi connectivity index (χ0) is 22.3. The van der Waals surface area contributed by atoms with Gasteiger partial charge in [-0.05, 0) is 41.9 Å². The molecular weight excluding hydrogens is 402 g/mol. The number of aromatic amines is 1. The summed E-state index contributed by atoms with van der Waals surface area (Å²) in [4.78, 5) is 21.7. The number of H-pyrrole nitrogens is 1. The highest BCUT2D eigenvalue weighted by Crippen LogP contribution is 2.22. The minimum Gasteiger partial charge on any atom is -0.491 e. The average molecular weight is 430 g/mol. The van der Waals surface area contributed by atoms with Crippen molar-refractivity contribution < 1.29 is 9.84 Å². The van der Waals surface area contributed by atoms with Gasteiger partial charge in [0.2, 0.25) is 0 Å². The molecular formula is C26H27N3O3. The Morgan fingerprint density at radius 3 is 2.41 bits per heavy atom. The van der Waals surface area contributed by atoms with Crippen molar-refractivity contribution in [3.05, 3.63) is 95.0 Å². The molecule has 0 amide bonds. The van der Waals surface area contributed by atoms with Crippen LogP contribution in [0.25, 0.3) is 22.0 Å². The normalized spacial score (nSPS) is 12.2. The van der Waals surface area contributed by atoms with Gasteiger partial charge in [-0.3, -0.25) is 9.69 Å². The smallest absolute Gasteiger partial charge is 0.258 e. The quantitative estimate of drug-likeness (QED) is 0.423. The third kappa shape index (κ3) is 5.41. The maximum Gasteiger partial charge on any atom is 0.258 e. The molecule has 164 valence electrons. The Kier molecular flexibility index (Phi) is 6.94. The van der Waals surface area contributed by atoms with E-state index in [9.17, 15) is 9.90 Å². The first-order valence-corrected chi connectivity index (χ1v) is 10.8. The van der Waals surface area contributed by atoms with E-state index in [-0.39, 0.29) is 12.2 Å². The highest BCUT2D eigenvalue weighted by atomic mass is 16.5. The Bertz CT molecular complexity index is 1210. The lowest BCUT2D eigenvalue weighted by Gasteiger charge is -2.23. The fraction of sp³-hybridized carbons (Fsp3) is 0.231. The van der Waals surface area contributed by atoms with E-state index >= 15 is 0 Å². The van der Waals surface area contributed by atoms with E-state index in [1.807, 2.05) is 72.5 Å². The third-order valence-corrected chi connectivity index (χ3v) is 5.36. The van der Waals surface area contributed by atoms with Crippen LogP contribution in [0.5, 0.6) is 5.75 Å². The fourth-order valence-electron chi connectivity index (χ4n) is 3.64. The van der Waals surface area contributed by atoms with E-state index < -0.39 is 6.10 Å². The van der Waals surface area contributed by atoms with E-state index in [4.69, 9.17) is 4.74 Å². The summed E-state index contributed by atoms with van der Waals surface area (Å²) in [5.74, 6) is 1.30. The molecule has 0 spiro atoms. The monoisotopic (exact) mass is 429 g/mol. The standard InChI is InChI=1S/C26H27N3O3/c1-2-29(17-25-27-24-11-7-6-10-23(24)26(31)28-25)16-21(30)18-32-22-14-12-20(13-15-22)19-8-4-3-5-9-19/h3-15,21,30H,2,16-18H2,1H3,(H,27,28,31)/t21-/m0/s1. The summed E-state index contributed by atoms with van der Waals surface area (Å²) in [6.45, 7) is 3.76.